The van der Waals surface area contributed by atoms with Crippen LogP contribution < -0.4 is 5.32 Å². The lowest BCUT2D eigenvalue weighted by atomic mass is 10.1. The van der Waals surface area contributed by atoms with E-state index in [0.29, 0.717) is 18.7 Å². The van der Waals surface area contributed by atoms with Crippen LogP contribution in [-0.2, 0) is 4.79 Å². The molecule has 1 aliphatic rings. The first-order valence-corrected chi connectivity index (χ1v) is 7.09. The zero-order valence-electron chi connectivity index (χ0n) is 12.2. The first kappa shape index (κ1) is 15.3. The van der Waals surface area contributed by atoms with Crippen molar-refractivity contribution in [2.45, 2.75) is 12.5 Å². The standard InChI is InChI=1S/C15H21N3O3/c1-17-8-5-9-18(11-10-17)15(21)16-13(14(19)20)12-6-3-2-4-7-12/h2-4,6-7,13H,5,8-11H2,1H3,(H,16,21)(H,19,20). The molecular weight excluding hydrogens is 270 g/mol. The van der Waals surface area contributed by atoms with Gasteiger partial charge in [-0.15, -0.1) is 0 Å². The summed E-state index contributed by atoms with van der Waals surface area (Å²) in [6.45, 7) is 3.02. The highest BCUT2D eigenvalue weighted by Crippen LogP contribution is 2.13. The smallest absolute Gasteiger partial charge is 0.330 e. The maximum Gasteiger partial charge on any atom is 0.330 e. The molecule has 114 valence electrons. The second kappa shape index (κ2) is 7.08. The number of hydrogen-bond donors (Lipinski definition) is 2. The summed E-state index contributed by atoms with van der Waals surface area (Å²) in [6.07, 6.45) is 0.896. The monoisotopic (exact) mass is 291 g/mol. The van der Waals surface area contributed by atoms with Gasteiger partial charge in [-0.2, -0.15) is 0 Å². The number of nitrogens with one attached hydrogen (secondary N) is 1. The Hall–Kier alpha value is -2.08. The van der Waals surface area contributed by atoms with Crippen LogP contribution >= 0.6 is 0 Å². The molecule has 0 aromatic heterocycles. The fourth-order valence-corrected chi connectivity index (χ4v) is 2.40. The Labute approximate surface area is 124 Å². The quantitative estimate of drug-likeness (QED) is 0.876. The van der Waals surface area contributed by atoms with Crippen molar-refractivity contribution in [2.75, 3.05) is 33.2 Å². The summed E-state index contributed by atoms with van der Waals surface area (Å²) >= 11 is 0. The van der Waals surface area contributed by atoms with Crippen molar-refractivity contribution in [2.24, 2.45) is 0 Å². The van der Waals surface area contributed by atoms with E-state index >= 15 is 0 Å². The lowest BCUT2D eigenvalue weighted by Crippen LogP contribution is -2.45. The minimum absolute atomic E-state index is 0.318. The SMILES string of the molecule is CN1CCCN(C(=O)NC(C(=O)O)c2ccccc2)CC1. The number of rotatable bonds is 3. The third-order valence-electron chi connectivity index (χ3n) is 3.65. The van der Waals surface area contributed by atoms with Gasteiger partial charge in [0.15, 0.2) is 6.04 Å². The van der Waals surface area contributed by atoms with Crippen LogP contribution in [0.2, 0.25) is 0 Å². The fourth-order valence-electron chi connectivity index (χ4n) is 2.40. The number of carboxylic acids is 1. The number of carbonyl (C=O) groups excluding carboxylic acids is 1. The molecule has 1 atom stereocenters. The molecule has 1 aliphatic heterocycles. The molecule has 6 heteroatoms. The van der Waals surface area contributed by atoms with E-state index in [1.54, 1.807) is 29.2 Å². The molecule has 2 amide bonds. The molecule has 6 nitrogen and oxygen atoms in total. The average Bonchev–Trinajstić information content (AvgIpc) is 2.70. The molecule has 0 radical (unpaired) electrons. The van der Waals surface area contributed by atoms with Gasteiger partial charge in [0.1, 0.15) is 0 Å². The number of amides is 2. The van der Waals surface area contributed by atoms with Crippen LogP contribution in [0.1, 0.15) is 18.0 Å². The molecule has 0 aliphatic carbocycles. The van der Waals surface area contributed by atoms with Gasteiger partial charge in [-0.25, -0.2) is 9.59 Å². The number of likely N-dealkylation sites (N-methyl/N-ethyl adjacent to an activating group) is 1. The zero-order valence-corrected chi connectivity index (χ0v) is 12.2. The van der Waals surface area contributed by atoms with Gasteiger partial charge in [0, 0.05) is 19.6 Å². The zero-order chi connectivity index (χ0) is 15.2. The van der Waals surface area contributed by atoms with Gasteiger partial charge < -0.3 is 20.2 Å². The lowest BCUT2D eigenvalue weighted by Gasteiger charge is -2.24. The van der Waals surface area contributed by atoms with Crippen molar-refractivity contribution in [1.29, 1.82) is 0 Å². The maximum absolute atomic E-state index is 12.3. The van der Waals surface area contributed by atoms with Crippen molar-refractivity contribution >= 4 is 12.0 Å². The largest absolute Gasteiger partial charge is 0.479 e. The molecule has 1 heterocycles. The minimum Gasteiger partial charge on any atom is -0.479 e. The van der Waals surface area contributed by atoms with Gasteiger partial charge in [0.2, 0.25) is 0 Å². The van der Waals surface area contributed by atoms with Crippen molar-refractivity contribution in [3.05, 3.63) is 35.9 Å². The topological polar surface area (TPSA) is 72.9 Å². The highest BCUT2D eigenvalue weighted by atomic mass is 16.4. The first-order chi connectivity index (χ1) is 10.1. The second-order valence-electron chi connectivity index (χ2n) is 5.28. The highest BCUT2D eigenvalue weighted by molar-refractivity contribution is 5.83. The fraction of sp³-hybridized carbons (Fsp3) is 0.467. The van der Waals surface area contributed by atoms with Gasteiger partial charge in [-0.05, 0) is 25.6 Å². The molecule has 1 aromatic carbocycles. The number of benzene rings is 1. The number of urea groups is 1. The Bertz CT molecular complexity index is 492. The number of hydrogen-bond acceptors (Lipinski definition) is 3. The van der Waals surface area contributed by atoms with Crippen LogP contribution in [0.4, 0.5) is 4.79 Å². The summed E-state index contributed by atoms with van der Waals surface area (Å²) in [6, 6.07) is 7.41. The van der Waals surface area contributed by atoms with E-state index in [9.17, 15) is 14.7 Å². The number of aliphatic carboxylic acids is 1. The normalized spacial score (nSPS) is 17.9. The molecule has 0 bridgehead atoms. The van der Waals surface area contributed by atoms with Gasteiger partial charge in [-0.1, -0.05) is 30.3 Å². The molecule has 2 rings (SSSR count). The van der Waals surface area contributed by atoms with E-state index in [-0.39, 0.29) is 6.03 Å². The molecule has 0 spiro atoms. The third-order valence-corrected chi connectivity index (χ3v) is 3.65. The Morgan fingerprint density at radius 2 is 1.86 bits per heavy atom. The van der Waals surface area contributed by atoms with E-state index in [0.717, 1.165) is 19.5 Å². The van der Waals surface area contributed by atoms with Crippen LogP contribution in [0.5, 0.6) is 0 Å². The second-order valence-corrected chi connectivity index (χ2v) is 5.28. The highest BCUT2D eigenvalue weighted by Gasteiger charge is 2.25. The van der Waals surface area contributed by atoms with E-state index < -0.39 is 12.0 Å². The molecule has 1 unspecified atom stereocenters. The summed E-state index contributed by atoms with van der Waals surface area (Å²) in [4.78, 5) is 27.5. The summed E-state index contributed by atoms with van der Waals surface area (Å²) in [5.41, 5.74) is 0.574. The molecule has 1 saturated heterocycles. The molecule has 1 aromatic rings. The summed E-state index contributed by atoms with van der Waals surface area (Å²) in [5, 5.41) is 11.9. The molecule has 2 N–H and O–H groups in total. The Morgan fingerprint density at radius 1 is 1.14 bits per heavy atom. The minimum atomic E-state index is -1.05. The van der Waals surface area contributed by atoms with Crippen molar-refractivity contribution in [3.63, 3.8) is 0 Å². The third kappa shape index (κ3) is 4.19. The molecule has 0 saturated carbocycles. The Kier molecular flexibility index (Phi) is 5.16. The van der Waals surface area contributed by atoms with E-state index in [1.165, 1.54) is 0 Å². The number of nitrogens with zero attached hydrogens (tertiary/aromatic N) is 2. The van der Waals surface area contributed by atoms with Gasteiger partial charge in [-0.3, -0.25) is 0 Å². The Balaban J connectivity index is 2.03. The number of carboxylic acid groups (broad SMARTS) is 1. The van der Waals surface area contributed by atoms with E-state index in [4.69, 9.17) is 0 Å². The van der Waals surface area contributed by atoms with Crippen LogP contribution in [0, 0.1) is 0 Å². The van der Waals surface area contributed by atoms with Crippen LogP contribution in [0.3, 0.4) is 0 Å². The van der Waals surface area contributed by atoms with Gasteiger partial charge >= 0.3 is 12.0 Å². The average molecular weight is 291 g/mol. The summed E-state index contributed by atoms with van der Waals surface area (Å²) in [5.74, 6) is -1.05. The van der Waals surface area contributed by atoms with E-state index in [1.807, 2.05) is 13.1 Å². The van der Waals surface area contributed by atoms with Crippen LogP contribution in [0.25, 0.3) is 0 Å². The molecule has 1 fully saturated rings. The predicted octanol–water partition coefficient (Wildman–Crippen LogP) is 1.16. The van der Waals surface area contributed by atoms with Crippen LogP contribution in [0.15, 0.2) is 30.3 Å². The first-order valence-electron chi connectivity index (χ1n) is 7.09. The molecular formula is C15H21N3O3. The maximum atomic E-state index is 12.3. The van der Waals surface area contributed by atoms with E-state index in [2.05, 4.69) is 10.2 Å². The summed E-state index contributed by atoms with van der Waals surface area (Å²) < 4.78 is 0. The van der Waals surface area contributed by atoms with Crippen molar-refractivity contribution in [1.82, 2.24) is 15.1 Å². The van der Waals surface area contributed by atoms with Crippen molar-refractivity contribution in [3.8, 4) is 0 Å². The summed E-state index contributed by atoms with van der Waals surface area (Å²) in [7, 11) is 2.02. The lowest BCUT2D eigenvalue weighted by molar-refractivity contribution is -0.139. The van der Waals surface area contributed by atoms with Crippen LogP contribution in [-0.4, -0.2) is 60.1 Å². The predicted molar refractivity (Wildman–Crippen MR) is 79.0 cm³/mol. The van der Waals surface area contributed by atoms with Gasteiger partial charge in [0.25, 0.3) is 0 Å². The Morgan fingerprint density at radius 3 is 2.52 bits per heavy atom. The van der Waals surface area contributed by atoms with Crippen molar-refractivity contribution < 1.29 is 14.7 Å². The molecule has 21 heavy (non-hydrogen) atoms. The number of carbonyl (C=O) groups is 2. The van der Waals surface area contributed by atoms with Gasteiger partial charge in [0.05, 0.1) is 0 Å².